The fraction of sp³-hybridized carbons (Fsp3) is 0.483. The Bertz CT molecular complexity index is 1280. The standard InChI is InChI=1S/C29H33N5O2/c35-27(12-25-23-3-1-2-4-24(23)26-16-31-18-33(25)26)29-13-20-9-21(14-29)17-34(22(10-20)15-29)32-28(36)11-19-5-7-30-8-6-19/h1-8,16,18,20-22,25,27,35H,9-15,17H2,(H,32,36). The van der Waals surface area contributed by atoms with Crippen molar-refractivity contribution in [2.45, 2.75) is 63.1 Å². The number of nitrogens with zero attached hydrogens (tertiary/aromatic N) is 4. The van der Waals surface area contributed by atoms with Crippen LogP contribution in [0.25, 0.3) is 11.3 Å². The van der Waals surface area contributed by atoms with Crippen molar-refractivity contribution in [1.29, 1.82) is 0 Å². The SMILES string of the molecule is O=C(Cc1ccncc1)NN1CC2CC3CC1CC(C(O)CC1c4ccccc4-c4cncn41)(C3)C2. The van der Waals surface area contributed by atoms with Crippen molar-refractivity contribution in [3.05, 3.63) is 72.4 Å². The van der Waals surface area contributed by atoms with E-state index in [1.54, 1.807) is 12.4 Å². The number of amides is 1. The van der Waals surface area contributed by atoms with E-state index >= 15 is 0 Å². The predicted octanol–water partition coefficient (Wildman–Crippen LogP) is 3.75. The fourth-order valence-corrected chi connectivity index (χ4v) is 8.02. The Kier molecular flexibility index (Phi) is 5.26. The van der Waals surface area contributed by atoms with Crippen molar-refractivity contribution < 1.29 is 9.90 Å². The third kappa shape index (κ3) is 3.68. The number of aliphatic hydroxyl groups is 1. The normalized spacial score (nSPS) is 31.0. The van der Waals surface area contributed by atoms with Crippen LogP contribution in [0.1, 0.15) is 55.7 Å². The van der Waals surface area contributed by atoms with Crippen molar-refractivity contribution in [1.82, 2.24) is 25.0 Å². The predicted molar refractivity (Wildman–Crippen MR) is 136 cm³/mol. The third-order valence-corrected chi connectivity index (χ3v) is 9.33. The van der Waals surface area contributed by atoms with Crippen LogP contribution in [0.3, 0.4) is 0 Å². The van der Waals surface area contributed by atoms with Crippen LogP contribution in [0.4, 0.5) is 0 Å². The van der Waals surface area contributed by atoms with Crippen LogP contribution in [0.5, 0.6) is 0 Å². The molecule has 3 aliphatic heterocycles. The van der Waals surface area contributed by atoms with Crippen molar-refractivity contribution in [2.75, 3.05) is 6.54 Å². The lowest BCUT2D eigenvalue weighted by Gasteiger charge is -2.51. The van der Waals surface area contributed by atoms with Crippen molar-refractivity contribution in [2.24, 2.45) is 17.3 Å². The van der Waals surface area contributed by atoms with Gasteiger partial charge in [0.05, 0.1) is 36.8 Å². The summed E-state index contributed by atoms with van der Waals surface area (Å²) in [7, 11) is 0. The molecule has 0 radical (unpaired) electrons. The topological polar surface area (TPSA) is 83.3 Å². The van der Waals surface area contributed by atoms with Gasteiger partial charge in [0, 0.05) is 30.5 Å². The lowest BCUT2D eigenvalue weighted by atomic mass is 9.56. The molecule has 36 heavy (non-hydrogen) atoms. The first-order valence-electron chi connectivity index (χ1n) is 13.3. The minimum absolute atomic E-state index is 0.0345. The highest BCUT2D eigenvalue weighted by Gasteiger charge is 2.54. The zero-order valence-corrected chi connectivity index (χ0v) is 20.5. The molecule has 4 bridgehead atoms. The van der Waals surface area contributed by atoms with E-state index in [1.165, 1.54) is 17.5 Å². The number of rotatable bonds is 6. The molecule has 0 spiro atoms. The molecule has 6 atom stereocenters. The van der Waals surface area contributed by atoms with Gasteiger partial charge in [0.2, 0.25) is 5.91 Å². The molecule has 5 heterocycles. The molecule has 4 fully saturated rings. The van der Waals surface area contributed by atoms with E-state index in [9.17, 15) is 9.90 Å². The Labute approximate surface area is 211 Å². The molecule has 186 valence electrons. The van der Waals surface area contributed by atoms with E-state index in [0.29, 0.717) is 24.7 Å². The van der Waals surface area contributed by atoms with E-state index in [2.05, 4.69) is 49.2 Å². The van der Waals surface area contributed by atoms with Crippen LogP contribution in [-0.4, -0.2) is 49.2 Å². The summed E-state index contributed by atoms with van der Waals surface area (Å²) in [5.74, 6) is 1.16. The third-order valence-electron chi connectivity index (χ3n) is 9.33. The number of carbonyl (C=O) groups is 1. The summed E-state index contributed by atoms with van der Waals surface area (Å²) < 4.78 is 2.24. The Hall–Kier alpha value is -3.03. The monoisotopic (exact) mass is 483 g/mol. The van der Waals surface area contributed by atoms with Crippen LogP contribution < -0.4 is 5.43 Å². The number of benzene rings is 1. The number of imidazole rings is 1. The first kappa shape index (κ1) is 22.2. The van der Waals surface area contributed by atoms with Crippen molar-refractivity contribution in [3.63, 3.8) is 0 Å². The second-order valence-corrected chi connectivity index (χ2v) is 11.6. The lowest BCUT2D eigenvalue weighted by Crippen LogP contribution is -2.53. The molecule has 7 nitrogen and oxygen atoms in total. The molecule has 2 aliphatic carbocycles. The van der Waals surface area contributed by atoms with Gasteiger partial charge in [-0.25, -0.2) is 9.99 Å². The Morgan fingerprint density at radius 2 is 1.92 bits per heavy atom. The fourth-order valence-electron chi connectivity index (χ4n) is 8.02. The van der Waals surface area contributed by atoms with Gasteiger partial charge >= 0.3 is 0 Å². The van der Waals surface area contributed by atoms with E-state index in [-0.39, 0.29) is 29.5 Å². The average molecular weight is 484 g/mol. The number of nitrogens with one attached hydrogen (secondary N) is 1. The number of hydrogen-bond donors (Lipinski definition) is 2. The van der Waals surface area contributed by atoms with Crippen LogP contribution in [0, 0.1) is 17.3 Å². The molecule has 2 N–H and O–H groups in total. The van der Waals surface area contributed by atoms with Crippen LogP contribution in [0.15, 0.2) is 61.3 Å². The minimum atomic E-state index is -0.385. The Balaban J connectivity index is 1.10. The maximum absolute atomic E-state index is 12.9. The molecule has 1 amide bonds. The smallest absolute Gasteiger partial charge is 0.238 e. The van der Waals surface area contributed by atoms with Crippen molar-refractivity contribution in [3.8, 4) is 11.3 Å². The highest BCUT2D eigenvalue weighted by molar-refractivity contribution is 5.78. The summed E-state index contributed by atoms with van der Waals surface area (Å²) in [6, 6.07) is 12.7. The zero-order chi connectivity index (χ0) is 24.3. The van der Waals surface area contributed by atoms with Crippen LogP contribution >= 0.6 is 0 Å². The largest absolute Gasteiger partial charge is 0.392 e. The van der Waals surface area contributed by atoms with E-state index in [0.717, 1.165) is 43.5 Å². The van der Waals surface area contributed by atoms with E-state index in [4.69, 9.17) is 0 Å². The summed E-state index contributed by atoms with van der Waals surface area (Å²) in [6.45, 7) is 0.885. The number of aromatic nitrogens is 3. The Morgan fingerprint density at radius 3 is 2.81 bits per heavy atom. The summed E-state index contributed by atoms with van der Waals surface area (Å²) in [4.78, 5) is 21.4. The number of aliphatic hydroxyl groups excluding tert-OH is 1. The van der Waals surface area contributed by atoms with E-state index < -0.39 is 0 Å². The van der Waals surface area contributed by atoms with Crippen LogP contribution in [0.2, 0.25) is 0 Å². The molecule has 2 saturated carbocycles. The van der Waals surface area contributed by atoms with Gasteiger partial charge in [0.25, 0.3) is 0 Å². The van der Waals surface area contributed by atoms with Gasteiger partial charge in [-0.05, 0) is 79.0 Å². The van der Waals surface area contributed by atoms with Gasteiger partial charge in [-0.1, -0.05) is 24.3 Å². The molecule has 7 heteroatoms. The minimum Gasteiger partial charge on any atom is -0.392 e. The Morgan fingerprint density at radius 1 is 1.08 bits per heavy atom. The molecule has 6 unspecified atom stereocenters. The molecule has 3 aromatic rings. The van der Waals surface area contributed by atoms with E-state index in [1.807, 2.05) is 24.7 Å². The molecule has 8 rings (SSSR count). The molecular formula is C29H33N5O2. The average Bonchev–Trinajstić information content (AvgIpc) is 3.41. The van der Waals surface area contributed by atoms with Gasteiger partial charge in [0.15, 0.2) is 0 Å². The highest BCUT2D eigenvalue weighted by atomic mass is 16.3. The van der Waals surface area contributed by atoms with Gasteiger partial charge in [-0.3, -0.25) is 15.2 Å². The van der Waals surface area contributed by atoms with Gasteiger partial charge in [-0.2, -0.15) is 0 Å². The first-order valence-corrected chi connectivity index (χ1v) is 13.3. The van der Waals surface area contributed by atoms with Gasteiger partial charge < -0.3 is 9.67 Å². The number of hydrogen-bond acceptors (Lipinski definition) is 5. The zero-order valence-electron chi connectivity index (χ0n) is 20.5. The summed E-state index contributed by atoms with van der Waals surface area (Å²) in [6.07, 6.45) is 13.4. The van der Waals surface area contributed by atoms with Crippen LogP contribution in [-0.2, 0) is 11.2 Å². The van der Waals surface area contributed by atoms with Gasteiger partial charge in [0.1, 0.15) is 0 Å². The number of fused-ring (bicyclic) bond motifs is 4. The van der Waals surface area contributed by atoms with Crippen molar-refractivity contribution >= 4 is 5.91 Å². The van der Waals surface area contributed by atoms with Gasteiger partial charge in [-0.15, -0.1) is 0 Å². The molecule has 5 aliphatic rings. The first-order chi connectivity index (χ1) is 17.6. The quantitative estimate of drug-likeness (QED) is 0.558. The molecule has 2 saturated heterocycles. The highest BCUT2D eigenvalue weighted by Crippen LogP contribution is 2.57. The number of carbonyl (C=O) groups excluding carboxylic acids is 1. The summed E-state index contributed by atoms with van der Waals surface area (Å²) in [5, 5.41) is 14.1. The maximum Gasteiger partial charge on any atom is 0.238 e. The second-order valence-electron chi connectivity index (χ2n) is 11.6. The summed E-state index contributed by atoms with van der Waals surface area (Å²) in [5.41, 5.74) is 7.82. The molecular weight excluding hydrogens is 450 g/mol. The second kappa shape index (κ2) is 8.53. The number of hydrazine groups is 1. The molecule has 1 aromatic carbocycles. The number of pyridine rings is 1. The molecule has 2 aromatic heterocycles. The lowest BCUT2D eigenvalue weighted by molar-refractivity contribution is -0.127. The summed E-state index contributed by atoms with van der Waals surface area (Å²) >= 11 is 0. The maximum atomic E-state index is 12.9.